The van der Waals surface area contributed by atoms with Crippen LogP contribution in [0.15, 0.2) is 48.8 Å². The van der Waals surface area contributed by atoms with Crippen LogP contribution in [-0.4, -0.2) is 16.5 Å². The van der Waals surface area contributed by atoms with Gasteiger partial charge in [0.1, 0.15) is 11.5 Å². The Morgan fingerprint density at radius 3 is 2.63 bits per heavy atom. The van der Waals surface area contributed by atoms with Crippen LogP contribution in [0, 0.1) is 23.2 Å². The molecule has 27 heavy (non-hydrogen) atoms. The van der Waals surface area contributed by atoms with E-state index in [0.717, 1.165) is 48.5 Å². The van der Waals surface area contributed by atoms with Gasteiger partial charge in [0.15, 0.2) is 0 Å². The minimum absolute atomic E-state index is 0.280. The molecule has 2 aromatic carbocycles. The van der Waals surface area contributed by atoms with E-state index in [0.29, 0.717) is 5.92 Å². The van der Waals surface area contributed by atoms with Crippen molar-refractivity contribution in [1.29, 1.82) is 5.26 Å². The van der Waals surface area contributed by atoms with Crippen molar-refractivity contribution in [3.05, 3.63) is 54.4 Å². The number of hydrogen-bond donors (Lipinski definition) is 2. The number of H-pyrrole nitrogens is 1. The fourth-order valence-electron chi connectivity index (χ4n) is 3.71. The zero-order chi connectivity index (χ0) is 18.5. The standard InChI is InChI=1S/C22H24N4O/c23-12-16-1-3-17(4-2-16)13-24-14-18-5-7-19(8-6-18)27-20-9-10-21-22(11-20)26-15-25-21/h5-11,15-17,24H,1-4,13-14H2,(H,25,26). The van der Waals surface area contributed by atoms with Crippen LogP contribution in [0.4, 0.5) is 0 Å². The Hall–Kier alpha value is -2.84. The molecule has 0 spiro atoms. The van der Waals surface area contributed by atoms with E-state index in [1.165, 1.54) is 18.4 Å². The van der Waals surface area contributed by atoms with Gasteiger partial charge in [-0.15, -0.1) is 0 Å². The van der Waals surface area contributed by atoms with Gasteiger partial charge in [-0.25, -0.2) is 4.98 Å². The van der Waals surface area contributed by atoms with Crippen LogP contribution in [0.25, 0.3) is 11.0 Å². The first-order chi connectivity index (χ1) is 13.3. The molecule has 138 valence electrons. The minimum Gasteiger partial charge on any atom is -0.457 e. The van der Waals surface area contributed by atoms with Gasteiger partial charge in [-0.05, 0) is 68.0 Å². The van der Waals surface area contributed by atoms with Gasteiger partial charge in [-0.1, -0.05) is 12.1 Å². The van der Waals surface area contributed by atoms with E-state index in [1.54, 1.807) is 6.33 Å². The Kier molecular flexibility index (Phi) is 5.36. The third-order valence-corrected chi connectivity index (χ3v) is 5.34. The third kappa shape index (κ3) is 4.47. The van der Waals surface area contributed by atoms with Gasteiger partial charge < -0.3 is 15.0 Å². The summed E-state index contributed by atoms with van der Waals surface area (Å²) >= 11 is 0. The summed E-state index contributed by atoms with van der Waals surface area (Å²) in [5.41, 5.74) is 3.15. The Morgan fingerprint density at radius 1 is 1.07 bits per heavy atom. The number of nitrogens with one attached hydrogen (secondary N) is 2. The molecule has 0 bridgehead atoms. The minimum atomic E-state index is 0.280. The molecule has 5 heteroatoms. The summed E-state index contributed by atoms with van der Waals surface area (Å²) in [5.74, 6) is 2.61. The summed E-state index contributed by atoms with van der Waals surface area (Å²) in [5, 5.41) is 12.5. The van der Waals surface area contributed by atoms with Crippen LogP contribution in [0.2, 0.25) is 0 Å². The zero-order valence-corrected chi connectivity index (χ0v) is 15.3. The second-order valence-corrected chi connectivity index (χ2v) is 7.31. The van der Waals surface area contributed by atoms with Gasteiger partial charge in [0.05, 0.1) is 23.4 Å². The van der Waals surface area contributed by atoms with Crippen molar-refractivity contribution in [3.8, 4) is 17.6 Å². The number of fused-ring (bicyclic) bond motifs is 1. The van der Waals surface area contributed by atoms with Gasteiger partial charge in [-0.2, -0.15) is 5.26 Å². The predicted molar refractivity (Wildman–Crippen MR) is 105 cm³/mol. The molecule has 1 aliphatic carbocycles. The maximum absolute atomic E-state index is 8.97. The molecule has 1 heterocycles. The maximum atomic E-state index is 8.97. The predicted octanol–water partition coefficient (Wildman–Crippen LogP) is 4.77. The number of nitrogens with zero attached hydrogens (tertiary/aromatic N) is 2. The lowest BCUT2D eigenvalue weighted by Gasteiger charge is -2.24. The van der Waals surface area contributed by atoms with E-state index in [1.807, 2.05) is 30.3 Å². The van der Waals surface area contributed by atoms with E-state index < -0.39 is 0 Å². The number of benzene rings is 2. The van der Waals surface area contributed by atoms with Crippen LogP contribution < -0.4 is 10.1 Å². The molecule has 0 unspecified atom stereocenters. The molecule has 0 amide bonds. The molecule has 0 atom stereocenters. The average molecular weight is 360 g/mol. The van der Waals surface area contributed by atoms with Gasteiger partial charge in [0.25, 0.3) is 0 Å². The van der Waals surface area contributed by atoms with Crippen molar-refractivity contribution in [2.24, 2.45) is 11.8 Å². The highest BCUT2D eigenvalue weighted by molar-refractivity contribution is 5.76. The summed E-state index contributed by atoms with van der Waals surface area (Å²) in [6.07, 6.45) is 6.13. The summed E-state index contributed by atoms with van der Waals surface area (Å²) < 4.78 is 5.94. The molecule has 2 N–H and O–H groups in total. The first-order valence-electron chi connectivity index (χ1n) is 9.60. The highest BCUT2D eigenvalue weighted by Gasteiger charge is 2.20. The van der Waals surface area contributed by atoms with Crippen molar-refractivity contribution in [2.75, 3.05) is 6.54 Å². The number of hydrogen-bond acceptors (Lipinski definition) is 4. The van der Waals surface area contributed by atoms with E-state index >= 15 is 0 Å². The lowest BCUT2D eigenvalue weighted by atomic mass is 9.83. The van der Waals surface area contributed by atoms with Crippen LogP contribution in [-0.2, 0) is 6.54 Å². The molecule has 1 saturated carbocycles. The molecule has 1 fully saturated rings. The number of imidazole rings is 1. The van der Waals surface area contributed by atoms with Crippen LogP contribution in [0.3, 0.4) is 0 Å². The first-order valence-corrected chi connectivity index (χ1v) is 9.60. The van der Waals surface area contributed by atoms with E-state index in [-0.39, 0.29) is 5.92 Å². The quantitative estimate of drug-likeness (QED) is 0.664. The molecule has 0 aliphatic heterocycles. The monoisotopic (exact) mass is 360 g/mol. The SMILES string of the molecule is N#CC1CCC(CNCc2ccc(Oc3ccc4nc[nH]c4c3)cc2)CC1. The Balaban J connectivity index is 1.25. The fraction of sp³-hybridized carbons (Fsp3) is 0.364. The van der Waals surface area contributed by atoms with Crippen LogP contribution in [0.5, 0.6) is 11.5 Å². The molecule has 1 aliphatic rings. The highest BCUT2D eigenvalue weighted by atomic mass is 16.5. The number of nitriles is 1. The van der Waals surface area contributed by atoms with Gasteiger partial charge in [-0.3, -0.25) is 0 Å². The molecule has 4 rings (SSSR count). The fourth-order valence-corrected chi connectivity index (χ4v) is 3.71. The average Bonchev–Trinajstić information content (AvgIpc) is 3.18. The smallest absolute Gasteiger partial charge is 0.129 e. The summed E-state index contributed by atoms with van der Waals surface area (Å²) in [4.78, 5) is 7.31. The first kappa shape index (κ1) is 17.6. The van der Waals surface area contributed by atoms with Crippen molar-refractivity contribution >= 4 is 11.0 Å². The van der Waals surface area contributed by atoms with Crippen molar-refractivity contribution in [1.82, 2.24) is 15.3 Å². The third-order valence-electron chi connectivity index (χ3n) is 5.34. The molecule has 1 aromatic heterocycles. The largest absolute Gasteiger partial charge is 0.457 e. The zero-order valence-electron chi connectivity index (χ0n) is 15.3. The second-order valence-electron chi connectivity index (χ2n) is 7.31. The summed E-state index contributed by atoms with van der Waals surface area (Å²) in [7, 11) is 0. The van der Waals surface area contributed by atoms with E-state index in [4.69, 9.17) is 10.00 Å². The van der Waals surface area contributed by atoms with Gasteiger partial charge >= 0.3 is 0 Å². The van der Waals surface area contributed by atoms with E-state index in [9.17, 15) is 0 Å². The molecular weight excluding hydrogens is 336 g/mol. The normalized spacial score (nSPS) is 19.7. The Labute approximate surface area is 159 Å². The second kappa shape index (κ2) is 8.24. The number of ether oxygens (including phenoxy) is 1. The van der Waals surface area contributed by atoms with Crippen molar-refractivity contribution in [3.63, 3.8) is 0 Å². The molecule has 3 aromatic rings. The lowest BCUT2D eigenvalue weighted by molar-refractivity contribution is 0.304. The van der Waals surface area contributed by atoms with Gasteiger partial charge in [0.2, 0.25) is 0 Å². The maximum Gasteiger partial charge on any atom is 0.129 e. The Morgan fingerprint density at radius 2 is 1.85 bits per heavy atom. The lowest BCUT2D eigenvalue weighted by Crippen LogP contribution is -2.26. The summed E-state index contributed by atoms with van der Waals surface area (Å²) in [6, 6.07) is 16.4. The summed E-state index contributed by atoms with van der Waals surface area (Å²) in [6.45, 7) is 1.89. The number of aromatic amines is 1. The molecule has 0 radical (unpaired) electrons. The molecule has 5 nitrogen and oxygen atoms in total. The molecular formula is C22H24N4O. The van der Waals surface area contributed by atoms with Crippen molar-refractivity contribution in [2.45, 2.75) is 32.2 Å². The Bertz CT molecular complexity index is 917. The van der Waals surface area contributed by atoms with Crippen LogP contribution >= 0.6 is 0 Å². The topological polar surface area (TPSA) is 73.7 Å². The highest BCUT2D eigenvalue weighted by Crippen LogP contribution is 2.28. The van der Waals surface area contributed by atoms with Crippen molar-refractivity contribution < 1.29 is 4.74 Å². The van der Waals surface area contributed by atoms with Gasteiger partial charge in [0, 0.05) is 18.5 Å². The number of aromatic nitrogens is 2. The van der Waals surface area contributed by atoms with E-state index in [2.05, 4.69) is 33.5 Å². The molecule has 0 saturated heterocycles. The van der Waals surface area contributed by atoms with Crippen LogP contribution in [0.1, 0.15) is 31.2 Å². The number of rotatable bonds is 6.